The molecule has 0 aromatic carbocycles. The fourth-order valence-corrected chi connectivity index (χ4v) is 2.73. The normalized spacial score (nSPS) is 39.6. The molecule has 4 nitrogen and oxygen atoms in total. The minimum atomic E-state index is -0.362. The zero-order chi connectivity index (χ0) is 11.5. The van der Waals surface area contributed by atoms with Crippen LogP contribution in [0.1, 0.15) is 39.0 Å². The van der Waals surface area contributed by atoms with Crippen molar-refractivity contribution in [1.29, 1.82) is 0 Å². The highest BCUT2D eigenvalue weighted by Crippen LogP contribution is 2.24. The Morgan fingerprint density at radius 2 is 2.12 bits per heavy atom. The Labute approximate surface area is 96.8 Å². The molecule has 2 aliphatic rings. The van der Waals surface area contributed by atoms with Gasteiger partial charge in [0.2, 0.25) is 5.91 Å². The predicted molar refractivity (Wildman–Crippen MR) is 62.0 cm³/mol. The van der Waals surface area contributed by atoms with Gasteiger partial charge in [-0.3, -0.25) is 4.79 Å². The predicted octanol–water partition coefficient (Wildman–Crippen LogP) is 0.404. The summed E-state index contributed by atoms with van der Waals surface area (Å²) in [6.07, 6.45) is 5.00. The van der Waals surface area contributed by atoms with E-state index in [0.29, 0.717) is 24.9 Å². The lowest BCUT2D eigenvalue weighted by Crippen LogP contribution is -2.48. The molecule has 1 saturated heterocycles. The van der Waals surface area contributed by atoms with Gasteiger partial charge in [0.15, 0.2) is 0 Å². The molecule has 1 aliphatic carbocycles. The second-order valence-corrected chi connectivity index (χ2v) is 5.23. The van der Waals surface area contributed by atoms with E-state index < -0.39 is 0 Å². The lowest BCUT2D eigenvalue weighted by molar-refractivity contribution is -0.124. The summed E-state index contributed by atoms with van der Waals surface area (Å²) in [6.45, 7) is 2.75. The first-order chi connectivity index (χ1) is 7.66. The molecule has 4 unspecified atom stereocenters. The minimum Gasteiger partial charge on any atom is -0.392 e. The van der Waals surface area contributed by atoms with E-state index in [2.05, 4.69) is 17.6 Å². The van der Waals surface area contributed by atoms with Crippen molar-refractivity contribution in [2.75, 3.05) is 6.54 Å². The number of carbonyl (C=O) groups excluding carboxylic acids is 1. The van der Waals surface area contributed by atoms with Gasteiger partial charge in [-0.05, 0) is 25.2 Å². The zero-order valence-electron chi connectivity index (χ0n) is 9.91. The number of β-amino-alcohol motifs (C(OH)–C–C–N with tert-alkyl or cyclic N) is 1. The third-order valence-electron chi connectivity index (χ3n) is 3.86. The van der Waals surface area contributed by atoms with Crippen LogP contribution in [0.3, 0.4) is 0 Å². The van der Waals surface area contributed by atoms with Crippen LogP contribution in [0.2, 0.25) is 0 Å². The molecule has 2 rings (SSSR count). The van der Waals surface area contributed by atoms with Crippen LogP contribution in [0.25, 0.3) is 0 Å². The van der Waals surface area contributed by atoms with E-state index in [-0.39, 0.29) is 18.1 Å². The summed E-state index contributed by atoms with van der Waals surface area (Å²) in [5.74, 6) is 0.652. The summed E-state index contributed by atoms with van der Waals surface area (Å²) < 4.78 is 0. The van der Waals surface area contributed by atoms with Gasteiger partial charge in [-0.25, -0.2) is 0 Å². The fourth-order valence-electron chi connectivity index (χ4n) is 2.73. The molecule has 1 aliphatic heterocycles. The van der Waals surface area contributed by atoms with Gasteiger partial charge in [-0.1, -0.05) is 19.8 Å². The molecule has 0 aromatic rings. The highest BCUT2D eigenvalue weighted by atomic mass is 16.3. The molecule has 4 atom stereocenters. The molecule has 0 aromatic heterocycles. The topological polar surface area (TPSA) is 61.4 Å². The number of hydrogen-bond acceptors (Lipinski definition) is 3. The smallest absolute Gasteiger partial charge is 0.237 e. The van der Waals surface area contributed by atoms with Crippen LogP contribution in [-0.2, 0) is 4.79 Å². The molecule has 0 spiro atoms. The molecular weight excluding hydrogens is 204 g/mol. The van der Waals surface area contributed by atoms with Crippen molar-refractivity contribution in [3.8, 4) is 0 Å². The molecule has 1 amide bonds. The zero-order valence-corrected chi connectivity index (χ0v) is 9.91. The SMILES string of the molecule is CC1CCCCC1NC(=O)C1CC(O)CN1. The van der Waals surface area contributed by atoms with Crippen LogP contribution in [0, 0.1) is 5.92 Å². The molecule has 3 N–H and O–H groups in total. The van der Waals surface area contributed by atoms with Gasteiger partial charge in [0.25, 0.3) is 0 Å². The lowest BCUT2D eigenvalue weighted by Gasteiger charge is -2.30. The molecule has 1 saturated carbocycles. The summed E-state index contributed by atoms with van der Waals surface area (Å²) in [5.41, 5.74) is 0. The molecule has 0 bridgehead atoms. The van der Waals surface area contributed by atoms with Crippen LogP contribution < -0.4 is 10.6 Å². The van der Waals surface area contributed by atoms with Crippen LogP contribution in [0.4, 0.5) is 0 Å². The van der Waals surface area contributed by atoms with Gasteiger partial charge in [0.05, 0.1) is 12.1 Å². The van der Waals surface area contributed by atoms with E-state index in [0.717, 1.165) is 6.42 Å². The van der Waals surface area contributed by atoms with Crippen LogP contribution >= 0.6 is 0 Å². The van der Waals surface area contributed by atoms with Crippen molar-refractivity contribution < 1.29 is 9.90 Å². The first-order valence-electron chi connectivity index (χ1n) is 6.38. The van der Waals surface area contributed by atoms with E-state index in [4.69, 9.17) is 0 Å². The fraction of sp³-hybridized carbons (Fsp3) is 0.917. The number of carbonyl (C=O) groups is 1. The summed E-state index contributed by atoms with van der Waals surface area (Å²) >= 11 is 0. The van der Waals surface area contributed by atoms with Gasteiger partial charge in [0.1, 0.15) is 0 Å². The number of amides is 1. The van der Waals surface area contributed by atoms with E-state index in [1.165, 1.54) is 19.3 Å². The molecule has 0 radical (unpaired) electrons. The van der Waals surface area contributed by atoms with Crippen LogP contribution in [0.15, 0.2) is 0 Å². The van der Waals surface area contributed by atoms with Crippen molar-refractivity contribution in [2.24, 2.45) is 5.92 Å². The Morgan fingerprint density at radius 1 is 1.38 bits per heavy atom. The Balaban J connectivity index is 1.82. The number of hydrogen-bond donors (Lipinski definition) is 3. The van der Waals surface area contributed by atoms with E-state index in [1.54, 1.807) is 0 Å². The maximum atomic E-state index is 11.9. The summed E-state index contributed by atoms with van der Waals surface area (Å²) in [5, 5.41) is 15.5. The number of nitrogens with one attached hydrogen (secondary N) is 2. The maximum Gasteiger partial charge on any atom is 0.237 e. The molecular formula is C12H22N2O2. The van der Waals surface area contributed by atoms with Crippen molar-refractivity contribution >= 4 is 5.91 Å². The Kier molecular flexibility index (Phi) is 3.82. The highest BCUT2D eigenvalue weighted by Gasteiger charge is 2.30. The monoisotopic (exact) mass is 226 g/mol. The third-order valence-corrected chi connectivity index (χ3v) is 3.86. The summed E-state index contributed by atoms with van der Waals surface area (Å²) in [6, 6.07) is 0.143. The molecule has 92 valence electrons. The van der Waals surface area contributed by atoms with Gasteiger partial charge in [-0.2, -0.15) is 0 Å². The van der Waals surface area contributed by atoms with Gasteiger partial charge in [0, 0.05) is 12.6 Å². The lowest BCUT2D eigenvalue weighted by atomic mass is 9.86. The van der Waals surface area contributed by atoms with Crippen LogP contribution in [-0.4, -0.2) is 35.7 Å². The van der Waals surface area contributed by atoms with E-state index >= 15 is 0 Å². The molecule has 1 heterocycles. The Hall–Kier alpha value is -0.610. The van der Waals surface area contributed by atoms with E-state index in [1.807, 2.05) is 0 Å². The van der Waals surface area contributed by atoms with Gasteiger partial charge >= 0.3 is 0 Å². The first-order valence-corrected chi connectivity index (χ1v) is 6.38. The third kappa shape index (κ3) is 2.74. The number of aliphatic hydroxyl groups is 1. The largest absolute Gasteiger partial charge is 0.392 e. The average molecular weight is 226 g/mol. The number of rotatable bonds is 2. The second-order valence-electron chi connectivity index (χ2n) is 5.23. The maximum absolute atomic E-state index is 11.9. The summed E-state index contributed by atoms with van der Waals surface area (Å²) in [7, 11) is 0. The molecule has 16 heavy (non-hydrogen) atoms. The van der Waals surface area contributed by atoms with Gasteiger partial charge in [-0.15, -0.1) is 0 Å². The van der Waals surface area contributed by atoms with Crippen molar-refractivity contribution in [1.82, 2.24) is 10.6 Å². The highest BCUT2D eigenvalue weighted by molar-refractivity contribution is 5.82. The Morgan fingerprint density at radius 3 is 2.75 bits per heavy atom. The van der Waals surface area contributed by atoms with Crippen LogP contribution in [0.5, 0.6) is 0 Å². The molecule has 4 heteroatoms. The molecule has 2 fully saturated rings. The average Bonchev–Trinajstić information content (AvgIpc) is 2.68. The standard InChI is InChI=1S/C12H22N2O2/c1-8-4-2-3-5-10(8)14-12(16)11-6-9(15)7-13-11/h8-11,13,15H,2-7H2,1H3,(H,14,16). The quantitative estimate of drug-likeness (QED) is 0.639. The van der Waals surface area contributed by atoms with Crippen molar-refractivity contribution in [3.05, 3.63) is 0 Å². The van der Waals surface area contributed by atoms with Gasteiger partial charge < -0.3 is 15.7 Å². The number of aliphatic hydroxyl groups excluding tert-OH is 1. The van der Waals surface area contributed by atoms with Crippen molar-refractivity contribution in [2.45, 2.75) is 57.2 Å². The minimum absolute atomic E-state index is 0.0651. The Bertz CT molecular complexity index is 257. The second kappa shape index (κ2) is 5.15. The summed E-state index contributed by atoms with van der Waals surface area (Å²) in [4.78, 5) is 11.9. The first kappa shape index (κ1) is 11.9. The van der Waals surface area contributed by atoms with Crippen molar-refractivity contribution in [3.63, 3.8) is 0 Å². The van der Waals surface area contributed by atoms with E-state index in [9.17, 15) is 9.90 Å².